The normalized spacial score (nSPS) is 20.9. The fraction of sp³-hybridized carbons (Fsp3) is 0.562. The number of nitriles is 1. The van der Waals surface area contributed by atoms with E-state index < -0.39 is 0 Å². The predicted molar refractivity (Wildman–Crippen MR) is 79.3 cm³/mol. The molecule has 1 aliphatic rings. The lowest BCUT2D eigenvalue weighted by Gasteiger charge is -2.28. The van der Waals surface area contributed by atoms with E-state index in [1.807, 2.05) is 0 Å². The van der Waals surface area contributed by atoms with Gasteiger partial charge in [0.05, 0.1) is 12.5 Å². The molecule has 0 bridgehead atoms. The zero-order valence-corrected chi connectivity index (χ0v) is 12.0. The standard InChI is InChI=1S/C16H23N3/c1-3-14-5-7-15(8-6-14)19-12-4-11-18(2)16(13-19)9-10-17/h5-8,16H,3-4,9,11-13H2,1-2H3. The van der Waals surface area contributed by atoms with Gasteiger partial charge in [0, 0.05) is 24.8 Å². The topological polar surface area (TPSA) is 30.3 Å². The van der Waals surface area contributed by atoms with E-state index in [0.29, 0.717) is 12.5 Å². The third kappa shape index (κ3) is 3.48. The Balaban J connectivity index is 2.11. The first-order valence-corrected chi connectivity index (χ1v) is 7.15. The molecule has 1 aromatic rings. The van der Waals surface area contributed by atoms with Gasteiger partial charge in [0.1, 0.15) is 0 Å². The van der Waals surface area contributed by atoms with Crippen molar-refractivity contribution in [1.29, 1.82) is 5.26 Å². The number of hydrogen-bond donors (Lipinski definition) is 0. The highest BCUT2D eigenvalue weighted by atomic mass is 15.2. The number of aryl methyl sites for hydroxylation is 1. The van der Waals surface area contributed by atoms with Crippen molar-refractivity contribution in [1.82, 2.24) is 4.90 Å². The molecule has 1 saturated heterocycles. The van der Waals surface area contributed by atoms with Crippen molar-refractivity contribution in [3.63, 3.8) is 0 Å². The first-order valence-electron chi connectivity index (χ1n) is 7.15. The lowest BCUT2D eigenvalue weighted by Crippen LogP contribution is -2.38. The molecular weight excluding hydrogens is 234 g/mol. The predicted octanol–water partition coefficient (Wildman–Crippen LogP) is 2.67. The minimum absolute atomic E-state index is 0.346. The quantitative estimate of drug-likeness (QED) is 0.834. The van der Waals surface area contributed by atoms with Crippen LogP contribution in [0.25, 0.3) is 0 Å². The van der Waals surface area contributed by atoms with E-state index in [0.717, 1.165) is 32.5 Å². The molecule has 0 aliphatic carbocycles. The van der Waals surface area contributed by atoms with Crippen LogP contribution < -0.4 is 4.90 Å². The molecular formula is C16H23N3. The Labute approximate surface area is 116 Å². The molecule has 0 aromatic heterocycles. The van der Waals surface area contributed by atoms with Crippen LogP contribution in [-0.2, 0) is 6.42 Å². The van der Waals surface area contributed by atoms with Crippen molar-refractivity contribution in [2.45, 2.75) is 32.2 Å². The number of likely N-dealkylation sites (N-methyl/N-ethyl adjacent to an activating group) is 1. The first-order chi connectivity index (χ1) is 9.24. The fourth-order valence-corrected chi connectivity index (χ4v) is 2.68. The van der Waals surface area contributed by atoms with Gasteiger partial charge in [-0.15, -0.1) is 0 Å². The molecule has 1 aromatic carbocycles. The summed E-state index contributed by atoms with van der Waals surface area (Å²) in [6, 6.07) is 11.5. The average molecular weight is 257 g/mol. The molecule has 102 valence electrons. The van der Waals surface area contributed by atoms with Crippen LogP contribution in [0.1, 0.15) is 25.3 Å². The maximum Gasteiger partial charge on any atom is 0.0638 e. The van der Waals surface area contributed by atoms with Crippen molar-refractivity contribution in [3.05, 3.63) is 29.8 Å². The van der Waals surface area contributed by atoms with Crippen molar-refractivity contribution in [2.75, 3.05) is 31.6 Å². The Morgan fingerprint density at radius 1 is 1.26 bits per heavy atom. The van der Waals surface area contributed by atoms with Crippen molar-refractivity contribution in [3.8, 4) is 6.07 Å². The Morgan fingerprint density at radius 3 is 2.63 bits per heavy atom. The molecule has 3 heteroatoms. The number of anilines is 1. The lowest BCUT2D eigenvalue weighted by atomic mass is 10.1. The number of hydrogen-bond acceptors (Lipinski definition) is 3. The van der Waals surface area contributed by atoms with Crippen LogP contribution in [0.5, 0.6) is 0 Å². The lowest BCUT2D eigenvalue weighted by molar-refractivity contribution is 0.264. The zero-order chi connectivity index (χ0) is 13.7. The summed E-state index contributed by atoms with van der Waals surface area (Å²) < 4.78 is 0. The summed E-state index contributed by atoms with van der Waals surface area (Å²) in [6.07, 6.45) is 2.86. The zero-order valence-electron chi connectivity index (χ0n) is 12.0. The third-order valence-electron chi connectivity index (χ3n) is 4.03. The summed E-state index contributed by atoms with van der Waals surface area (Å²) in [6.45, 7) is 5.29. The van der Waals surface area contributed by atoms with E-state index in [2.05, 4.69) is 54.1 Å². The molecule has 0 saturated carbocycles. The highest BCUT2D eigenvalue weighted by Gasteiger charge is 2.22. The largest absolute Gasteiger partial charge is 0.370 e. The van der Waals surface area contributed by atoms with Crippen LogP contribution in [0.3, 0.4) is 0 Å². The Bertz CT molecular complexity index is 432. The maximum absolute atomic E-state index is 8.96. The number of rotatable bonds is 3. The van der Waals surface area contributed by atoms with Gasteiger partial charge in [-0.1, -0.05) is 19.1 Å². The minimum atomic E-state index is 0.346. The second-order valence-corrected chi connectivity index (χ2v) is 5.32. The molecule has 1 aliphatic heterocycles. The van der Waals surface area contributed by atoms with Crippen LogP contribution >= 0.6 is 0 Å². The van der Waals surface area contributed by atoms with Crippen molar-refractivity contribution < 1.29 is 0 Å². The summed E-state index contributed by atoms with van der Waals surface area (Å²) in [5, 5.41) is 8.96. The van der Waals surface area contributed by atoms with Crippen LogP contribution in [0.2, 0.25) is 0 Å². The molecule has 0 spiro atoms. The van der Waals surface area contributed by atoms with E-state index in [-0.39, 0.29) is 0 Å². The highest BCUT2D eigenvalue weighted by molar-refractivity contribution is 5.48. The average Bonchev–Trinajstić information content (AvgIpc) is 2.62. The van der Waals surface area contributed by atoms with E-state index in [1.54, 1.807) is 0 Å². The van der Waals surface area contributed by atoms with Gasteiger partial charge in [-0.05, 0) is 44.1 Å². The molecule has 1 unspecified atom stereocenters. The summed E-state index contributed by atoms with van der Waals surface area (Å²) in [5.41, 5.74) is 2.67. The molecule has 1 fully saturated rings. The highest BCUT2D eigenvalue weighted by Crippen LogP contribution is 2.20. The van der Waals surface area contributed by atoms with Gasteiger partial charge in [-0.25, -0.2) is 0 Å². The SMILES string of the molecule is CCc1ccc(N2CCCN(C)C(CC#N)C2)cc1. The van der Waals surface area contributed by atoms with Crippen LogP contribution in [0.4, 0.5) is 5.69 Å². The van der Waals surface area contributed by atoms with Gasteiger partial charge in [-0.2, -0.15) is 5.26 Å². The monoisotopic (exact) mass is 257 g/mol. The molecule has 3 nitrogen and oxygen atoms in total. The number of benzene rings is 1. The van der Waals surface area contributed by atoms with Crippen LogP contribution in [0, 0.1) is 11.3 Å². The fourth-order valence-electron chi connectivity index (χ4n) is 2.68. The summed E-state index contributed by atoms with van der Waals surface area (Å²) in [4.78, 5) is 4.74. The van der Waals surface area contributed by atoms with Crippen molar-refractivity contribution >= 4 is 5.69 Å². The number of nitrogens with zero attached hydrogens (tertiary/aromatic N) is 3. The first kappa shape index (κ1) is 13.9. The summed E-state index contributed by atoms with van der Waals surface area (Å²) in [5.74, 6) is 0. The van der Waals surface area contributed by atoms with E-state index in [4.69, 9.17) is 5.26 Å². The van der Waals surface area contributed by atoms with Crippen molar-refractivity contribution in [2.24, 2.45) is 0 Å². The molecule has 19 heavy (non-hydrogen) atoms. The van der Waals surface area contributed by atoms with Crippen LogP contribution in [-0.4, -0.2) is 37.6 Å². The van der Waals surface area contributed by atoms with Gasteiger partial charge in [0.25, 0.3) is 0 Å². The van der Waals surface area contributed by atoms with Gasteiger partial charge in [0.2, 0.25) is 0 Å². The van der Waals surface area contributed by atoms with E-state index in [9.17, 15) is 0 Å². The van der Waals surface area contributed by atoms with Gasteiger partial charge >= 0.3 is 0 Å². The Kier molecular flexibility index (Phi) is 4.81. The van der Waals surface area contributed by atoms with Gasteiger partial charge in [-0.3, -0.25) is 0 Å². The molecule has 0 N–H and O–H groups in total. The van der Waals surface area contributed by atoms with Crippen LogP contribution in [0.15, 0.2) is 24.3 Å². The maximum atomic E-state index is 8.96. The van der Waals surface area contributed by atoms with E-state index in [1.165, 1.54) is 11.3 Å². The minimum Gasteiger partial charge on any atom is -0.370 e. The third-order valence-corrected chi connectivity index (χ3v) is 4.03. The second kappa shape index (κ2) is 6.58. The van der Waals surface area contributed by atoms with Gasteiger partial charge in [0.15, 0.2) is 0 Å². The Hall–Kier alpha value is -1.53. The molecule has 1 atom stereocenters. The smallest absolute Gasteiger partial charge is 0.0638 e. The summed E-state index contributed by atoms with van der Waals surface area (Å²) >= 11 is 0. The van der Waals surface area contributed by atoms with Gasteiger partial charge < -0.3 is 9.80 Å². The molecule has 0 radical (unpaired) electrons. The molecule has 0 amide bonds. The molecule has 2 rings (SSSR count). The molecule has 1 heterocycles. The van der Waals surface area contributed by atoms with E-state index >= 15 is 0 Å². The summed E-state index contributed by atoms with van der Waals surface area (Å²) in [7, 11) is 2.13. The second-order valence-electron chi connectivity index (χ2n) is 5.32. The Morgan fingerprint density at radius 2 is 2.00 bits per heavy atom.